The largest absolute Gasteiger partial charge is 0.491 e. The molecule has 1 fully saturated rings. The van der Waals surface area contributed by atoms with Gasteiger partial charge in [-0.05, 0) is 55.9 Å². The third-order valence-electron chi connectivity index (χ3n) is 7.78. The number of likely N-dealkylation sites (N-methyl/N-ethyl adjacent to an activating group) is 1. The molecular formula is C32H40FN3O6S2. The van der Waals surface area contributed by atoms with E-state index in [1.54, 1.807) is 30.9 Å². The minimum atomic E-state index is -3.92. The van der Waals surface area contributed by atoms with Crippen LogP contribution in [0, 0.1) is 6.92 Å². The second kappa shape index (κ2) is 15.2. The summed E-state index contributed by atoms with van der Waals surface area (Å²) in [5.74, 6) is -0.824. The van der Waals surface area contributed by atoms with Gasteiger partial charge in [0.25, 0.3) is 0 Å². The summed E-state index contributed by atoms with van der Waals surface area (Å²) >= 11 is 1.28. The van der Waals surface area contributed by atoms with Crippen molar-refractivity contribution in [1.82, 2.24) is 14.2 Å². The van der Waals surface area contributed by atoms with Gasteiger partial charge in [0.2, 0.25) is 15.9 Å². The number of sulfonamides is 1. The first-order valence-corrected chi connectivity index (χ1v) is 17.3. The highest BCUT2D eigenvalue weighted by Crippen LogP contribution is 2.50. The predicted octanol–water partition coefficient (Wildman–Crippen LogP) is 4.32. The standard InChI is InChI=1S/C32H40FN3O6S2/c1-3-36(19-20-37)44(40,41)23-28(38)30-24(2)43-29(34-30)22-35(18-7-10-25-8-5-4-6-9-25)31(39)32(15-16-32)26-11-13-27(14-12-26)42-21-17-33/h4-6,8-9,11-14,37H,3,7,10,15-23H2,1-2H3. The van der Waals surface area contributed by atoms with Gasteiger partial charge in [-0.3, -0.25) is 9.59 Å². The molecule has 0 unspecified atom stereocenters. The fraction of sp³-hybridized carbons (Fsp3) is 0.469. The second-order valence-electron chi connectivity index (χ2n) is 10.9. The molecule has 1 N–H and O–H groups in total. The molecule has 0 saturated heterocycles. The maximum atomic E-state index is 14.2. The van der Waals surface area contributed by atoms with E-state index in [0.717, 1.165) is 22.7 Å². The minimum Gasteiger partial charge on any atom is -0.491 e. The molecule has 1 aliphatic carbocycles. The molecule has 1 heterocycles. The number of hydrogen-bond acceptors (Lipinski definition) is 8. The molecule has 1 saturated carbocycles. The van der Waals surface area contributed by atoms with Crippen molar-refractivity contribution in [3.8, 4) is 5.75 Å². The Kier molecular flexibility index (Phi) is 11.6. The van der Waals surface area contributed by atoms with E-state index in [2.05, 4.69) is 17.1 Å². The van der Waals surface area contributed by atoms with Gasteiger partial charge in [0.15, 0.2) is 5.78 Å². The summed E-state index contributed by atoms with van der Waals surface area (Å²) in [6.07, 6.45) is 2.92. The topological polar surface area (TPSA) is 117 Å². The van der Waals surface area contributed by atoms with Gasteiger partial charge < -0.3 is 14.7 Å². The van der Waals surface area contributed by atoms with Crippen molar-refractivity contribution >= 4 is 33.1 Å². The van der Waals surface area contributed by atoms with Gasteiger partial charge in [0, 0.05) is 24.5 Å². The van der Waals surface area contributed by atoms with Gasteiger partial charge in [0.05, 0.1) is 18.6 Å². The zero-order valence-corrected chi connectivity index (χ0v) is 26.8. The van der Waals surface area contributed by atoms with E-state index in [0.29, 0.717) is 35.0 Å². The molecular weight excluding hydrogens is 605 g/mol. The Bertz CT molecular complexity index is 1510. The van der Waals surface area contributed by atoms with E-state index >= 15 is 0 Å². The minimum absolute atomic E-state index is 0.0195. The molecule has 238 valence electrons. The van der Waals surface area contributed by atoms with Gasteiger partial charge in [0.1, 0.15) is 35.5 Å². The lowest BCUT2D eigenvalue weighted by Crippen LogP contribution is -2.39. The number of halogens is 1. The van der Waals surface area contributed by atoms with Crippen LogP contribution < -0.4 is 4.74 Å². The number of aliphatic hydroxyl groups excluding tert-OH is 1. The third-order valence-corrected chi connectivity index (χ3v) is 10.6. The van der Waals surface area contributed by atoms with Crippen LogP contribution in [-0.4, -0.2) is 84.7 Å². The van der Waals surface area contributed by atoms with Crippen LogP contribution in [0.4, 0.5) is 4.39 Å². The van der Waals surface area contributed by atoms with Crippen molar-refractivity contribution in [2.45, 2.75) is 51.5 Å². The van der Waals surface area contributed by atoms with Gasteiger partial charge in [-0.1, -0.05) is 49.4 Å². The number of rotatable bonds is 18. The van der Waals surface area contributed by atoms with Crippen LogP contribution in [-0.2, 0) is 33.2 Å². The summed E-state index contributed by atoms with van der Waals surface area (Å²) < 4.78 is 44.5. The number of alkyl halides is 1. The number of carbonyl (C=O) groups is 2. The Morgan fingerprint density at radius 3 is 2.41 bits per heavy atom. The van der Waals surface area contributed by atoms with Gasteiger partial charge in [-0.15, -0.1) is 11.3 Å². The molecule has 0 radical (unpaired) electrons. The normalized spacial score (nSPS) is 14.0. The Morgan fingerprint density at radius 2 is 1.80 bits per heavy atom. The van der Waals surface area contributed by atoms with Gasteiger partial charge in [-0.2, -0.15) is 4.31 Å². The fourth-order valence-electron chi connectivity index (χ4n) is 5.32. The highest BCUT2D eigenvalue weighted by Gasteiger charge is 2.53. The average Bonchev–Trinajstić information content (AvgIpc) is 3.74. The lowest BCUT2D eigenvalue weighted by atomic mass is 9.94. The smallest absolute Gasteiger partial charge is 0.233 e. The van der Waals surface area contributed by atoms with Crippen LogP contribution in [0.2, 0.25) is 0 Å². The quantitative estimate of drug-likeness (QED) is 0.205. The first-order valence-electron chi connectivity index (χ1n) is 14.8. The number of amides is 1. The van der Waals surface area contributed by atoms with Crippen LogP contribution in [0.1, 0.15) is 57.7 Å². The van der Waals surface area contributed by atoms with Gasteiger partial charge in [-0.25, -0.2) is 17.8 Å². The van der Waals surface area contributed by atoms with Crippen molar-refractivity contribution < 1.29 is 32.2 Å². The summed E-state index contributed by atoms with van der Waals surface area (Å²) in [6.45, 7) is 3.17. The van der Waals surface area contributed by atoms with Crippen molar-refractivity contribution in [2.75, 3.05) is 45.3 Å². The number of aryl methyl sites for hydroxylation is 2. The molecule has 0 atom stereocenters. The van der Waals surface area contributed by atoms with Crippen molar-refractivity contribution in [3.05, 3.63) is 81.3 Å². The Labute approximate surface area is 262 Å². The molecule has 2 aromatic carbocycles. The molecule has 44 heavy (non-hydrogen) atoms. The monoisotopic (exact) mass is 645 g/mol. The summed E-state index contributed by atoms with van der Waals surface area (Å²) in [7, 11) is -3.92. The van der Waals surface area contributed by atoms with E-state index in [9.17, 15) is 27.5 Å². The van der Waals surface area contributed by atoms with E-state index in [1.165, 1.54) is 16.9 Å². The van der Waals surface area contributed by atoms with Crippen LogP contribution in [0.3, 0.4) is 0 Å². The maximum absolute atomic E-state index is 14.2. The highest BCUT2D eigenvalue weighted by molar-refractivity contribution is 7.89. The number of aromatic nitrogens is 1. The SMILES string of the molecule is CCN(CCO)S(=O)(=O)CC(=O)c1nc(CN(CCCc2ccccc2)C(=O)C2(c3ccc(OCCF)cc3)CC2)sc1C. The summed E-state index contributed by atoms with van der Waals surface area (Å²) in [6, 6.07) is 17.3. The van der Waals surface area contributed by atoms with Crippen LogP contribution in [0.25, 0.3) is 0 Å². The average molecular weight is 646 g/mol. The molecule has 1 amide bonds. The zero-order valence-electron chi connectivity index (χ0n) is 25.2. The summed E-state index contributed by atoms with van der Waals surface area (Å²) in [4.78, 5) is 34.2. The van der Waals surface area contributed by atoms with E-state index < -0.39 is 33.6 Å². The number of nitrogens with zero attached hydrogens (tertiary/aromatic N) is 3. The number of Topliss-reactive ketones (excluding diaryl/α,β-unsaturated/α-hetero) is 1. The van der Waals surface area contributed by atoms with Crippen LogP contribution in [0.5, 0.6) is 5.75 Å². The molecule has 12 heteroatoms. The van der Waals surface area contributed by atoms with Gasteiger partial charge >= 0.3 is 0 Å². The van der Waals surface area contributed by atoms with Crippen molar-refractivity contribution in [3.63, 3.8) is 0 Å². The lowest BCUT2D eigenvalue weighted by Gasteiger charge is -2.27. The number of carbonyl (C=O) groups excluding carboxylic acids is 2. The first-order chi connectivity index (χ1) is 21.1. The Morgan fingerprint density at radius 1 is 1.09 bits per heavy atom. The number of ketones is 1. The van der Waals surface area contributed by atoms with Crippen molar-refractivity contribution in [1.29, 1.82) is 0 Å². The number of ether oxygens (including phenoxy) is 1. The molecule has 0 bridgehead atoms. The molecule has 9 nitrogen and oxygen atoms in total. The van der Waals surface area contributed by atoms with E-state index in [-0.39, 0.29) is 44.4 Å². The molecule has 0 spiro atoms. The van der Waals surface area contributed by atoms with Crippen molar-refractivity contribution in [2.24, 2.45) is 0 Å². The Balaban J connectivity index is 1.53. The summed E-state index contributed by atoms with van der Waals surface area (Å²) in [5, 5.41) is 9.77. The number of benzene rings is 2. The number of thiazole rings is 1. The molecule has 4 rings (SSSR count). The van der Waals surface area contributed by atoms with Crippen LogP contribution >= 0.6 is 11.3 Å². The summed E-state index contributed by atoms with van der Waals surface area (Å²) in [5.41, 5.74) is 1.48. The predicted molar refractivity (Wildman–Crippen MR) is 168 cm³/mol. The maximum Gasteiger partial charge on any atom is 0.233 e. The molecule has 3 aromatic rings. The molecule has 1 aromatic heterocycles. The second-order valence-corrected chi connectivity index (χ2v) is 14.1. The first kappa shape index (κ1) is 33.7. The third kappa shape index (κ3) is 8.29. The zero-order chi connectivity index (χ0) is 31.7. The highest BCUT2D eigenvalue weighted by atomic mass is 32.2. The number of hydrogen-bond donors (Lipinski definition) is 1. The van der Waals surface area contributed by atoms with E-state index in [1.807, 2.05) is 30.3 Å². The number of aliphatic hydroxyl groups is 1. The fourth-order valence-corrected chi connectivity index (χ4v) is 7.69. The molecule has 0 aliphatic heterocycles. The van der Waals surface area contributed by atoms with E-state index in [4.69, 9.17) is 4.74 Å². The van der Waals surface area contributed by atoms with Crippen LogP contribution in [0.15, 0.2) is 54.6 Å². The lowest BCUT2D eigenvalue weighted by molar-refractivity contribution is -0.134. The Hall–Kier alpha value is -3.19. The molecule has 1 aliphatic rings.